The lowest BCUT2D eigenvalue weighted by atomic mass is 10.3. The monoisotopic (exact) mass is 321 g/mol. The van der Waals surface area contributed by atoms with Crippen molar-refractivity contribution in [1.29, 1.82) is 0 Å². The summed E-state index contributed by atoms with van der Waals surface area (Å²) < 4.78 is 5.36. The molecule has 2 aromatic rings. The molecule has 0 bridgehead atoms. The van der Waals surface area contributed by atoms with Crippen LogP contribution >= 0.6 is 23.4 Å². The summed E-state index contributed by atoms with van der Waals surface area (Å²) in [7, 11) is 0. The number of thioether (sulfide) groups is 1. The van der Waals surface area contributed by atoms with Crippen LogP contribution in [0.5, 0.6) is 5.75 Å². The Balaban J connectivity index is 1.63. The van der Waals surface area contributed by atoms with Crippen LogP contribution in [0.1, 0.15) is 0 Å². The van der Waals surface area contributed by atoms with E-state index in [-0.39, 0.29) is 12.5 Å². The first-order valence-corrected chi connectivity index (χ1v) is 7.94. The number of hydrogen-bond donors (Lipinski definition) is 1. The van der Waals surface area contributed by atoms with Gasteiger partial charge in [-0.15, -0.1) is 11.8 Å². The third-order valence-electron chi connectivity index (χ3n) is 2.63. The molecule has 0 aromatic heterocycles. The molecule has 5 heteroatoms. The van der Waals surface area contributed by atoms with Gasteiger partial charge in [0.25, 0.3) is 5.91 Å². The maximum absolute atomic E-state index is 11.7. The Morgan fingerprint density at radius 3 is 2.57 bits per heavy atom. The van der Waals surface area contributed by atoms with Gasteiger partial charge in [-0.05, 0) is 24.3 Å². The zero-order chi connectivity index (χ0) is 14.9. The van der Waals surface area contributed by atoms with Crippen molar-refractivity contribution in [1.82, 2.24) is 5.32 Å². The summed E-state index contributed by atoms with van der Waals surface area (Å²) in [5, 5.41) is 3.32. The van der Waals surface area contributed by atoms with Gasteiger partial charge in [0.2, 0.25) is 0 Å². The van der Waals surface area contributed by atoms with Gasteiger partial charge in [0, 0.05) is 17.2 Å². The van der Waals surface area contributed by atoms with E-state index in [0.717, 1.165) is 5.75 Å². The lowest BCUT2D eigenvalue weighted by molar-refractivity contribution is -0.122. The van der Waals surface area contributed by atoms with E-state index in [2.05, 4.69) is 5.32 Å². The fraction of sp³-hybridized carbons (Fsp3) is 0.188. The Kier molecular flexibility index (Phi) is 6.44. The van der Waals surface area contributed by atoms with Crippen molar-refractivity contribution >= 4 is 29.3 Å². The summed E-state index contributed by atoms with van der Waals surface area (Å²) in [5.74, 6) is 1.19. The number of benzene rings is 2. The maximum Gasteiger partial charge on any atom is 0.257 e. The third kappa shape index (κ3) is 5.69. The normalized spacial score (nSPS) is 10.1. The molecule has 0 heterocycles. The van der Waals surface area contributed by atoms with E-state index in [1.54, 1.807) is 23.9 Å². The van der Waals surface area contributed by atoms with E-state index in [4.69, 9.17) is 16.3 Å². The van der Waals surface area contributed by atoms with Gasteiger partial charge >= 0.3 is 0 Å². The molecule has 3 nitrogen and oxygen atoms in total. The third-order valence-corrected chi connectivity index (χ3v) is 3.96. The van der Waals surface area contributed by atoms with Gasteiger partial charge in [0.1, 0.15) is 5.75 Å². The highest BCUT2D eigenvalue weighted by Crippen LogP contribution is 2.22. The largest absolute Gasteiger partial charge is 0.482 e. The number of nitrogens with one attached hydrogen (secondary N) is 1. The minimum atomic E-state index is -0.149. The minimum absolute atomic E-state index is 0.0280. The zero-order valence-electron chi connectivity index (χ0n) is 11.4. The molecule has 0 aliphatic heterocycles. The first-order chi connectivity index (χ1) is 10.3. The molecule has 0 spiro atoms. The highest BCUT2D eigenvalue weighted by molar-refractivity contribution is 7.99. The SMILES string of the molecule is O=C(COc1ccccc1Cl)NCCSc1ccccc1. The second kappa shape index (κ2) is 8.60. The number of carbonyl (C=O) groups excluding carboxylic acids is 1. The van der Waals surface area contributed by atoms with Gasteiger partial charge in [-0.25, -0.2) is 0 Å². The average Bonchev–Trinajstić information content (AvgIpc) is 2.52. The molecule has 21 heavy (non-hydrogen) atoms. The van der Waals surface area contributed by atoms with Gasteiger partial charge in [0.05, 0.1) is 5.02 Å². The number of halogens is 1. The molecule has 0 fully saturated rings. The Morgan fingerprint density at radius 2 is 1.81 bits per heavy atom. The van der Waals surface area contributed by atoms with Gasteiger partial charge in [0.15, 0.2) is 6.61 Å². The molecule has 2 rings (SSSR count). The molecule has 0 unspecified atom stereocenters. The van der Waals surface area contributed by atoms with E-state index in [1.165, 1.54) is 4.90 Å². The van der Waals surface area contributed by atoms with Crippen molar-refractivity contribution in [3.63, 3.8) is 0 Å². The highest BCUT2D eigenvalue weighted by Gasteiger charge is 2.04. The van der Waals surface area contributed by atoms with Gasteiger partial charge in [-0.3, -0.25) is 4.79 Å². The molecule has 0 saturated carbocycles. The van der Waals surface area contributed by atoms with Crippen molar-refractivity contribution in [3.8, 4) is 5.75 Å². The molecular formula is C16H16ClNO2S. The van der Waals surface area contributed by atoms with E-state index in [0.29, 0.717) is 17.3 Å². The van der Waals surface area contributed by atoms with Crippen LogP contribution in [-0.4, -0.2) is 24.8 Å². The van der Waals surface area contributed by atoms with Gasteiger partial charge in [-0.1, -0.05) is 41.9 Å². The lowest BCUT2D eigenvalue weighted by Gasteiger charge is -2.08. The van der Waals surface area contributed by atoms with Crippen LogP contribution in [0.4, 0.5) is 0 Å². The quantitative estimate of drug-likeness (QED) is 0.625. The summed E-state index contributed by atoms with van der Waals surface area (Å²) in [5.41, 5.74) is 0. The standard InChI is InChI=1S/C16H16ClNO2S/c17-14-8-4-5-9-15(14)20-12-16(19)18-10-11-21-13-6-2-1-3-7-13/h1-9H,10-12H2,(H,18,19). The second-order valence-corrected chi connectivity index (χ2v) is 5.81. The average molecular weight is 322 g/mol. The van der Waals surface area contributed by atoms with Crippen LogP contribution in [0, 0.1) is 0 Å². The van der Waals surface area contributed by atoms with Crippen molar-refractivity contribution in [2.24, 2.45) is 0 Å². The number of carbonyl (C=O) groups is 1. The molecule has 1 amide bonds. The Bertz CT molecular complexity index is 577. The first kappa shape index (κ1) is 15.7. The molecule has 0 saturated heterocycles. The summed E-state index contributed by atoms with van der Waals surface area (Å²) in [4.78, 5) is 12.8. The Hall–Kier alpha value is -1.65. The molecule has 2 aromatic carbocycles. The molecule has 0 atom stereocenters. The zero-order valence-corrected chi connectivity index (χ0v) is 13.0. The summed E-state index contributed by atoms with van der Waals surface area (Å²) in [6.07, 6.45) is 0. The summed E-state index contributed by atoms with van der Waals surface area (Å²) in [6.45, 7) is 0.573. The van der Waals surface area contributed by atoms with Crippen LogP contribution < -0.4 is 10.1 Å². The highest BCUT2D eigenvalue weighted by atomic mass is 35.5. The van der Waals surface area contributed by atoms with E-state index >= 15 is 0 Å². The maximum atomic E-state index is 11.7. The smallest absolute Gasteiger partial charge is 0.257 e. The Labute approximate surface area is 133 Å². The number of hydrogen-bond acceptors (Lipinski definition) is 3. The fourth-order valence-electron chi connectivity index (χ4n) is 1.63. The topological polar surface area (TPSA) is 38.3 Å². The first-order valence-electron chi connectivity index (χ1n) is 6.57. The molecule has 0 aliphatic rings. The number of rotatable bonds is 7. The molecular weight excluding hydrogens is 306 g/mol. The molecule has 0 aliphatic carbocycles. The van der Waals surface area contributed by atoms with E-state index in [9.17, 15) is 4.79 Å². The van der Waals surface area contributed by atoms with E-state index in [1.807, 2.05) is 42.5 Å². The van der Waals surface area contributed by atoms with Crippen molar-refractivity contribution < 1.29 is 9.53 Å². The van der Waals surface area contributed by atoms with Crippen LogP contribution in [0.3, 0.4) is 0 Å². The fourth-order valence-corrected chi connectivity index (χ4v) is 2.61. The van der Waals surface area contributed by atoms with Gasteiger partial charge in [-0.2, -0.15) is 0 Å². The lowest BCUT2D eigenvalue weighted by Crippen LogP contribution is -2.30. The predicted molar refractivity (Wildman–Crippen MR) is 87.1 cm³/mol. The second-order valence-electron chi connectivity index (χ2n) is 4.23. The van der Waals surface area contributed by atoms with Crippen molar-refractivity contribution in [2.45, 2.75) is 4.90 Å². The number of amides is 1. The molecule has 1 N–H and O–H groups in total. The minimum Gasteiger partial charge on any atom is -0.482 e. The predicted octanol–water partition coefficient (Wildman–Crippen LogP) is 3.63. The molecule has 0 radical (unpaired) electrons. The van der Waals surface area contributed by atoms with Crippen LogP contribution in [0.25, 0.3) is 0 Å². The Morgan fingerprint density at radius 1 is 1.10 bits per heavy atom. The van der Waals surface area contributed by atoms with Crippen molar-refractivity contribution in [2.75, 3.05) is 18.9 Å². The van der Waals surface area contributed by atoms with E-state index < -0.39 is 0 Å². The van der Waals surface area contributed by atoms with Crippen LogP contribution in [-0.2, 0) is 4.79 Å². The summed E-state index contributed by atoms with van der Waals surface area (Å²) in [6, 6.07) is 17.2. The van der Waals surface area contributed by atoms with Crippen LogP contribution in [0.2, 0.25) is 5.02 Å². The van der Waals surface area contributed by atoms with Crippen LogP contribution in [0.15, 0.2) is 59.5 Å². The number of ether oxygens (including phenoxy) is 1. The van der Waals surface area contributed by atoms with Crippen molar-refractivity contribution in [3.05, 3.63) is 59.6 Å². The van der Waals surface area contributed by atoms with Gasteiger partial charge < -0.3 is 10.1 Å². The number of para-hydroxylation sites is 1. The molecule has 110 valence electrons. The summed E-state index contributed by atoms with van der Waals surface area (Å²) >= 11 is 7.64.